The van der Waals surface area contributed by atoms with Crippen LogP contribution in [0, 0.1) is 11.3 Å². The summed E-state index contributed by atoms with van der Waals surface area (Å²) in [6.07, 6.45) is 2.04. The lowest BCUT2D eigenvalue weighted by atomic mass is 9.97. The van der Waals surface area contributed by atoms with Crippen LogP contribution < -0.4 is 0 Å². The Labute approximate surface area is 106 Å². The minimum absolute atomic E-state index is 0.396. The van der Waals surface area contributed by atoms with E-state index >= 15 is 0 Å². The van der Waals surface area contributed by atoms with Crippen LogP contribution in [0.1, 0.15) is 24.7 Å². The third-order valence-corrected chi connectivity index (χ3v) is 3.54. The van der Waals surface area contributed by atoms with E-state index in [4.69, 9.17) is 9.68 Å². The van der Waals surface area contributed by atoms with Crippen LogP contribution in [0.5, 0.6) is 0 Å². The van der Waals surface area contributed by atoms with E-state index in [-0.39, 0.29) is 0 Å². The summed E-state index contributed by atoms with van der Waals surface area (Å²) in [4.78, 5) is 6.74. The molecule has 1 aliphatic rings. The Balaban J connectivity index is 1.74. The third kappa shape index (κ3) is 2.09. The van der Waals surface area contributed by atoms with E-state index in [9.17, 15) is 0 Å². The number of hydrogen-bond donors (Lipinski definition) is 0. The lowest BCUT2D eigenvalue weighted by Crippen LogP contribution is -2.33. The predicted molar refractivity (Wildman–Crippen MR) is 68.0 cm³/mol. The van der Waals surface area contributed by atoms with Crippen molar-refractivity contribution in [3.05, 3.63) is 30.2 Å². The summed E-state index contributed by atoms with van der Waals surface area (Å²) in [5.74, 6) is 1.25. The number of para-hydroxylation sites is 2. The molecule has 0 unspecified atom stereocenters. The van der Waals surface area contributed by atoms with Gasteiger partial charge >= 0.3 is 0 Å². The molecular weight excluding hydrogens is 226 g/mol. The molecule has 18 heavy (non-hydrogen) atoms. The molecule has 1 fully saturated rings. The second kappa shape index (κ2) is 4.79. The summed E-state index contributed by atoms with van der Waals surface area (Å²) in [5.41, 5.74) is 1.80. The molecule has 0 aliphatic carbocycles. The highest BCUT2D eigenvalue weighted by Gasteiger charge is 2.24. The largest absolute Gasteiger partial charge is 0.440 e. The fourth-order valence-corrected chi connectivity index (χ4v) is 2.50. The Morgan fingerprint density at radius 3 is 2.83 bits per heavy atom. The van der Waals surface area contributed by atoms with Gasteiger partial charge in [0, 0.05) is 5.92 Å². The SMILES string of the molecule is N#CCN1CCC(c2nc3ccccc3o2)CC1. The zero-order valence-electron chi connectivity index (χ0n) is 10.2. The molecule has 1 saturated heterocycles. The predicted octanol–water partition coefficient (Wildman–Crippen LogP) is 2.53. The highest BCUT2D eigenvalue weighted by molar-refractivity contribution is 5.72. The maximum atomic E-state index is 8.67. The Hall–Kier alpha value is -1.86. The van der Waals surface area contributed by atoms with E-state index in [0.29, 0.717) is 12.5 Å². The van der Waals surface area contributed by atoms with Crippen LogP contribution in [-0.2, 0) is 0 Å². The van der Waals surface area contributed by atoms with Crippen LogP contribution in [0.4, 0.5) is 0 Å². The second-order valence-electron chi connectivity index (χ2n) is 4.73. The van der Waals surface area contributed by atoms with Gasteiger partial charge in [0.15, 0.2) is 11.5 Å². The van der Waals surface area contributed by atoms with Crippen LogP contribution in [0.2, 0.25) is 0 Å². The first-order valence-corrected chi connectivity index (χ1v) is 6.31. The van der Waals surface area contributed by atoms with Crippen molar-refractivity contribution in [2.75, 3.05) is 19.6 Å². The molecule has 0 saturated carbocycles. The van der Waals surface area contributed by atoms with Gasteiger partial charge < -0.3 is 4.42 Å². The van der Waals surface area contributed by atoms with Gasteiger partial charge in [0.2, 0.25) is 0 Å². The van der Waals surface area contributed by atoms with Gasteiger partial charge in [-0.05, 0) is 38.1 Å². The minimum atomic E-state index is 0.396. The quantitative estimate of drug-likeness (QED) is 0.758. The van der Waals surface area contributed by atoms with E-state index in [0.717, 1.165) is 42.9 Å². The Morgan fingerprint density at radius 1 is 1.33 bits per heavy atom. The summed E-state index contributed by atoms with van der Waals surface area (Å²) in [6, 6.07) is 10.1. The summed E-state index contributed by atoms with van der Waals surface area (Å²) in [7, 11) is 0. The molecule has 1 aromatic heterocycles. The molecule has 2 heterocycles. The zero-order chi connectivity index (χ0) is 12.4. The average molecular weight is 241 g/mol. The molecule has 4 heteroatoms. The molecule has 1 aromatic carbocycles. The van der Waals surface area contributed by atoms with Gasteiger partial charge in [0.25, 0.3) is 0 Å². The molecule has 2 aromatic rings. The Kier molecular flexibility index (Phi) is 2.99. The number of nitrogens with zero attached hydrogens (tertiary/aromatic N) is 3. The number of piperidine rings is 1. The van der Waals surface area contributed by atoms with Crippen LogP contribution >= 0.6 is 0 Å². The summed E-state index contributed by atoms with van der Waals surface area (Å²) >= 11 is 0. The molecule has 0 atom stereocenters. The monoisotopic (exact) mass is 241 g/mol. The lowest BCUT2D eigenvalue weighted by molar-refractivity contribution is 0.221. The van der Waals surface area contributed by atoms with Crippen molar-refractivity contribution in [2.24, 2.45) is 0 Å². The van der Waals surface area contributed by atoms with Crippen LogP contribution in [-0.4, -0.2) is 29.5 Å². The third-order valence-electron chi connectivity index (χ3n) is 3.54. The zero-order valence-corrected chi connectivity index (χ0v) is 10.2. The number of benzene rings is 1. The van der Waals surface area contributed by atoms with Gasteiger partial charge in [-0.15, -0.1) is 0 Å². The first-order valence-electron chi connectivity index (χ1n) is 6.31. The highest BCUT2D eigenvalue weighted by Crippen LogP contribution is 2.29. The number of likely N-dealkylation sites (tertiary alicyclic amines) is 1. The smallest absolute Gasteiger partial charge is 0.198 e. The van der Waals surface area contributed by atoms with Crippen molar-refractivity contribution >= 4 is 11.1 Å². The Morgan fingerprint density at radius 2 is 2.11 bits per heavy atom. The number of fused-ring (bicyclic) bond motifs is 1. The first kappa shape index (κ1) is 11.2. The highest BCUT2D eigenvalue weighted by atomic mass is 16.3. The van der Waals surface area contributed by atoms with Gasteiger partial charge in [-0.2, -0.15) is 5.26 Å². The molecule has 0 bridgehead atoms. The van der Waals surface area contributed by atoms with Gasteiger partial charge in [-0.1, -0.05) is 12.1 Å². The second-order valence-corrected chi connectivity index (χ2v) is 4.73. The molecular formula is C14H15N3O. The van der Waals surface area contributed by atoms with Crippen molar-refractivity contribution in [3.8, 4) is 6.07 Å². The van der Waals surface area contributed by atoms with Crippen molar-refractivity contribution in [3.63, 3.8) is 0 Å². The molecule has 1 aliphatic heterocycles. The standard InChI is InChI=1S/C14H15N3O/c15-7-10-17-8-5-11(6-9-17)14-16-12-3-1-2-4-13(12)18-14/h1-4,11H,5-6,8-10H2. The van der Waals surface area contributed by atoms with Crippen LogP contribution in [0.25, 0.3) is 11.1 Å². The average Bonchev–Trinajstić information content (AvgIpc) is 2.84. The van der Waals surface area contributed by atoms with Crippen molar-refractivity contribution in [2.45, 2.75) is 18.8 Å². The number of rotatable bonds is 2. The molecule has 0 amide bonds. The van der Waals surface area contributed by atoms with Gasteiger partial charge in [-0.3, -0.25) is 4.90 Å². The number of nitriles is 1. The van der Waals surface area contributed by atoms with Crippen molar-refractivity contribution < 1.29 is 4.42 Å². The van der Waals surface area contributed by atoms with Gasteiger partial charge in [-0.25, -0.2) is 4.98 Å². The first-order chi connectivity index (χ1) is 8.86. The van der Waals surface area contributed by atoms with E-state index in [2.05, 4.69) is 16.0 Å². The number of hydrogen-bond acceptors (Lipinski definition) is 4. The van der Waals surface area contributed by atoms with E-state index in [1.165, 1.54) is 0 Å². The maximum Gasteiger partial charge on any atom is 0.198 e. The molecule has 0 N–H and O–H groups in total. The molecule has 92 valence electrons. The minimum Gasteiger partial charge on any atom is -0.440 e. The topological polar surface area (TPSA) is 53.1 Å². The fraction of sp³-hybridized carbons (Fsp3) is 0.429. The normalized spacial score (nSPS) is 17.9. The van der Waals surface area contributed by atoms with Crippen molar-refractivity contribution in [1.82, 2.24) is 9.88 Å². The van der Waals surface area contributed by atoms with Crippen molar-refractivity contribution in [1.29, 1.82) is 5.26 Å². The van der Waals surface area contributed by atoms with E-state index in [1.54, 1.807) is 0 Å². The Bertz CT molecular complexity index is 543. The number of aromatic nitrogens is 1. The molecule has 4 nitrogen and oxygen atoms in total. The molecule has 0 spiro atoms. The maximum absolute atomic E-state index is 8.67. The van der Waals surface area contributed by atoms with Crippen LogP contribution in [0.15, 0.2) is 28.7 Å². The molecule has 0 radical (unpaired) electrons. The lowest BCUT2D eigenvalue weighted by Gasteiger charge is -2.28. The number of oxazole rings is 1. The van der Waals surface area contributed by atoms with Crippen LogP contribution in [0.3, 0.4) is 0 Å². The molecule has 3 rings (SSSR count). The summed E-state index contributed by atoms with van der Waals surface area (Å²) < 4.78 is 5.81. The van der Waals surface area contributed by atoms with Gasteiger partial charge in [0.05, 0.1) is 12.6 Å². The summed E-state index contributed by atoms with van der Waals surface area (Å²) in [5, 5.41) is 8.67. The van der Waals surface area contributed by atoms with Gasteiger partial charge in [0.1, 0.15) is 5.52 Å². The fourth-order valence-electron chi connectivity index (χ4n) is 2.50. The van der Waals surface area contributed by atoms with E-state index < -0.39 is 0 Å². The summed E-state index contributed by atoms with van der Waals surface area (Å²) in [6.45, 7) is 2.44. The van der Waals surface area contributed by atoms with E-state index in [1.807, 2.05) is 24.3 Å².